The van der Waals surface area contributed by atoms with Gasteiger partial charge in [0.2, 0.25) is 11.8 Å². The van der Waals surface area contributed by atoms with Gasteiger partial charge in [0.15, 0.2) is 0 Å². The minimum atomic E-state index is 0.124. The molecule has 27 heavy (non-hydrogen) atoms. The Morgan fingerprint density at radius 3 is 2.22 bits per heavy atom. The molecule has 1 fully saturated rings. The van der Waals surface area contributed by atoms with E-state index in [4.69, 9.17) is 0 Å². The molecule has 0 unspecified atom stereocenters. The second kappa shape index (κ2) is 10.5. The number of carbonyl (C=O) groups excluding carboxylic acids is 2. The van der Waals surface area contributed by atoms with Crippen LogP contribution in [0.3, 0.4) is 0 Å². The summed E-state index contributed by atoms with van der Waals surface area (Å²) in [6, 6.07) is 10.8. The van der Waals surface area contributed by atoms with Crippen molar-refractivity contribution >= 4 is 11.8 Å². The monoisotopic (exact) mass is 373 g/mol. The highest BCUT2D eigenvalue weighted by molar-refractivity contribution is 5.79. The number of aryl methyl sites for hydroxylation is 1. The van der Waals surface area contributed by atoms with Gasteiger partial charge < -0.3 is 10.2 Å². The van der Waals surface area contributed by atoms with E-state index in [1.165, 1.54) is 5.56 Å². The summed E-state index contributed by atoms with van der Waals surface area (Å²) < 4.78 is 0. The van der Waals surface area contributed by atoms with E-state index in [0.717, 1.165) is 32.4 Å². The third kappa shape index (κ3) is 6.98. The fourth-order valence-electron chi connectivity index (χ4n) is 3.88. The molecule has 1 heterocycles. The maximum Gasteiger partial charge on any atom is 0.237 e. The number of benzene rings is 1. The average Bonchev–Trinajstić information content (AvgIpc) is 2.62. The molecule has 0 saturated carbocycles. The summed E-state index contributed by atoms with van der Waals surface area (Å²) in [6.45, 7) is 10.5. The zero-order chi connectivity index (χ0) is 19.8. The van der Waals surface area contributed by atoms with Crippen LogP contribution in [0.5, 0.6) is 0 Å². The van der Waals surface area contributed by atoms with Crippen molar-refractivity contribution in [2.75, 3.05) is 19.6 Å². The lowest BCUT2D eigenvalue weighted by molar-refractivity contribution is -0.136. The van der Waals surface area contributed by atoms with Crippen LogP contribution in [0.25, 0.3) is 0 Å². The average molecular weight is 374 g/mol. The van der Waals surface area contributed by atoms with Crippen LogP contribution < -0.4 is 5.32 Å². The van der Waals surface area contributed by atoms with Gasteiger partial charge in [0, 0.05) is 37.6 Å². The molecule has 2 amide bonds. The maximum atomic E-state index is 12.6. The van der Waals surface area contributed by atoms with Gasteiger partial charge in [-0.3, -0.25) is 14.5 Å². The third-order valence-electron chi connectivity index (χ3n) is 5.20. The lowest BCUT2D eigenvalue weighted by Crippen LogP contribution is -2.50. The molecule has 0 bridgehead atoms. The van der Waals surface area contributed by atoms with E-state index >= 15 is 0 Å². The number of piperidine rings is 1. The van der Waals surface area contributed by atoms with Crippen molar-refractivity contribution in [2.24, 2.45) is 0 Å². The summed E-state index contributed by atoms with van der Waals surface area (Å²) in [5.74, 6) is 0.324. The fraction of sp³-hybridized carbons (Fsp3) is 0.636. The summed E-state index contributed by atoms with van der Waals surface area (Å²) in [6.07, 6.45) is 3.13. The van der Waals surface area contributed by atoms with Gasteiger partial charge in [0.05, 0.1) is 6.54 Å². The molecule has 1 N–H and O–H groups in total. The first kappa shape index (κ1) is 21.4. The standard InChI is InChI=1S/C22H35N3O2/c1-17(2)25(18(3)4)22(27)16-24-14-12-20(13-15-24)23-21(26)11-10-19-8-6-5-7-9-19/h5-9,17-18,20H,10-16H2,1-4H3,(H,23,26). The molecular formula is C22H35N3O2. The first-order valence-electron chi connectivity index (χ1n) is 10.2. The second-order valence-corrected chi connectivity index (χ2v) is 8.09. The summed E-state index contributed by atoms with van der Waals surface area (Å²) in [4.78, 5) is 29.0. The van der Waals surface area contributed by atoms with Crippen LogP contribution >= 0.6 is 0 Å². The molecule has 1 saturated heterocycles. The minimum Gasteiger partial charge on any atom is -0.353 e. The van der Waals surface area contributed by atoms with Crippen LogP contribution in [-0.2, 0) is 16.0 Å². The lowest BCUT2D eigenvalue weighted by atomic mass is 10.0. The Balaban J connectivity index is 1.70. The van der Waals surface area contributed by atoms with Gasteiger partial charge in [-0.2, -0.15) is 0 Å². The van der Waals surface area contributed by atoms with E-state index in [0.29, 0.717) is 13.0 Å². The van der Waals surface area contributed by atoms with Crippen molar-refractivity contribution in [3.05, 3.63) is 35.9 Å². The molecule has 5 nitrogen and oxygen atoms in total. The summed E-state index contributed by atoms with van der Waals surface area (Å²) in [7, 11) is 0. The van der Waals surface area contributed by atoms with E-state index in [2.05, 4.69) is 50.0 Å². The number of nitrogens with zero attached hydrogens (tertiary/aromatic N) is 2. The number of likely N-dealkylation sites (tertiary alicyclic amines) is 1. The largest absolute Gasteiger partial charge is 0.353 e. The molecule has 0 atom stereocenters. The van der Waals surface area contributed by atoms with Gasteiger partial charge in [-0.15, -0.1) is 0 Å². The summed E-state index contributed by atoms with van der Waals surface area (Å²) >= 11 is 0. The smallest absolute Gasteiger partial charge is 0.237 e. The van der Waals surface area contributed by atoms with Gasteiger partial charge in [-0.25, -0.2) is 0 Å². The Hall–Kier alpha value is -1.88. The van der Waals surface area contributed by atoms with Crippen LogP contribution in [0.1, 0.15) is 52.5 Å². The van der Waals surface area contributed by atoms with Crippen molar-refractivity contribution < 1.29 is 9.59 Å². The SMILES string of the molecule is CC(C)N(C(=O)CN1CCC(NC(=O)CCc2ccccc2)CC1)C(C)C. The molecule has 0 aromatic heterocycles. The van der Waals surface area contributed by atoms with Crippen LogP contribution in [-0.4, -0.2) is 59.4 Å². The van der Waals surface area contributed by atoms with Gasteiger partial charge in [-0.05, 0) is 52.5 Å². The molecule has 5 heteroatoms. The predicted octanol–water partition coefficient (Wildman–Crippen LogP) is 2.85. The molecule has 1 aliphatic heterocycles. The van der Waals surface area contributed by atoms with E-state index in [9.17, 15) is 9.59 Å². The van der Waals surface area contributed by atoms with Gasteiger partial charge in [0.1, 0.15) is 0 Å². The number of nitrogens with one attached hydrogen (secondary N) is 1. The number of carbonyl (C=O) groups is 2. The first-order valence-corrected chi connectivity index (χ1v) is 10.2. The van der Waals surface area contributed by atoms with Crippen molar-refractivity contribution in [1.29, 1.82) is 0 Å². The normalized spacial score (nSPS) is 15.9. The zero-order valence-corrected chi connectivity index (χ0v) is 17.3. The molecule has 150 valence electrons. The van der Waals surface area contributed by atoms with E-state index in [-0.39, 0.29) is 29.9 Å². The quantitative estimate of drug-likeness (QED) is 0.762. The highest BCUT2D eigenvalue weighted by Crippen LogP contribution is 2.13. The minimum absolute atomic E-state index is 0.124. The molecule has 0 radical (unpaired) electrons. The highest BCUT2D eigenvalue weighted by Gasteiger charge is 2.26. The van der Waals surface area contributed by atoms with E-state index < -0.39 is 0 Å². The summed E-state index contributed by atoms with van der Waals surface area (Å²) in [5, 5.41) is 3.16. The Labute approximate surface area is 164 Å². The number of hydrogen-bond donors (Lipinski definition) is 1. The third-order valence-corrected chi connectivity index (χ3v) is 5.20. The Kier molecular flexibility index (Phi) is 8.29. The molecule has 2 rings (SSSR count). The van der Waals surface area contributed by atoms with Crippen molar-refractivity contribution in [3.63, 3.8) is 0 Å². The Bertz CT molecular complexity index is 585. The first-order chi connectivity index (χ1) is 12.9. The number of hydrogen-bond acceptors (Lipinski definition) is 3. The summed E-state index contributed by atoms with van der Waals surface area (Å²) in [5.41, 5.74) is 1.20. The Morgan fingerprint density at radius 2 is 1.67 bits per heavy atom. The fourth-order valence-corrected chi connectivity index (χ4v) is 3.88. The predicted molar refractivity (Wildman–Crippen MR) is 109 cm³/mol. The number of amides is 2. The van der Waals surface area contributed by atoms with Crippen molar-refractivity contribution in [2.45, 2.75) is 71.5 Å². The maximum absolute atomic E-state index is 12.6. The molecule has 1 aromatic carbocycles. The van der Waals surface area contributed by atoms with Crippen molar-refractivity contribution in [1.82, 2.24) is 15.1 Å². The molecule has 0 aliphatic carbocycles. The Morgan fingerprint density at radius 1 is 1.07 bits per heavy atom. The number of rotatable bonds is 8. The van der Waals surface area contributed by atoms with Crippen molar-refractivity contribution in [3.8, 4) is 0 Å². The van der Waals surface area contributed by atoms with Gasteiger partial charge in [0.25, 0.3) is 0 Å². The van der Waals surface area contributed by atoms with E-state index in [1.54, 1.807) is 0 Å². The second-order valence-electron chi connectivity index (χ2n) is 8.09. The topological polar surface area (TPSA) is 52.7 Å². The highest BCUT2D eigenvalue weighted by atomic mass is 16.2. The molecule has 1 aliphatic rings. The molecule has 1 aromatic rings. The van der Waals surface area contributed by atoms with Crippen LogP contribution in [0.15, 0.2) is 30.3 Å². The lowest BCUT2D eigenvalue weighted by Gasteiger charge is -2.36. The molecule has 0 spiro atoms. The zero-order valence-electron chi connectivity index (χ0n) is 17.3. The van der Waals surface area contributed by atoms with Crippen LogP contribution in [0, 0.1) is 0 Å². The van der Waals surface area contributed by atoms with Crippen LogP contribution in [0.4, 0.5) is 0 Å². The molecular weight excluding hydrogens is 338 g/mol. The van der Waals surface area contributed by atoms with E-state index in [1.807, 2.05) is 23.1 Å². The van der Waals surface area contributed by atoms with Gasteiger partial charge in [-0.1, -0.05) is 30.3 Å². The van der Waals surface area contributed by atoms with Crippen LogP contribution in [0.2, 0.25) is 0 Å². The van der Waals surface area contributed by atoms with Gasteiger partial charge >= 0.3 is 0 Å².